The number of nitrogens with two attached hydrogens (primary N) is 1. The maximum atomic E-state index is 11.4. The second-order valence-electron chi connectivity index (χ2n) is 4.65. The number of anilines is 1. The lowest BCUT2D eigenvalue weighted by Crippen LogP contribution is -2.23. The number of hydrogen-bond acceptors (Lipinski definition) is 5. The lowest BCUT2D eigenvalue weighted by Gasteiger charge is -2.22. The molecular formula is C12H15N5OS. The largest absolute Gasteiger partial charge is 0.399 e. The van der Waals surface area contributed by atoms with E-state index in [2.05, 4.69) is 15.5 Å². The monoisotopic (exact) mass is 277 g/mol. The van der Waals surface area contributed by atoms with Crippen LogP contribution < -0.4 is 5.73 Å². The minimum Gasteiger partial charge on any atom is -0.399 e. The molecule has 3 rings (SSSR count). The van der Waals surface area contributed by atoms with E-state index in [9.17, 15) is 4.21 Å². The van der Waals surface area contributed by atoms with Crippen LogP contribution in [-0.2, 0) is 10.8 Å². The van der Waals surface area contributed by atoms with Crippen LogP contribution in [0, 0.1) is 0 Å². The molecule has 0 atom stereocenters. The third kappa shape index (κ3) is 2.51. The molecular weight excluding hydrogens is 262 g/mol. The van der Waals surface area contributed by atoms with E-state index in [4.69, 9.17) is 5.73 Å². The molecule has 1 fully saturated rings. The molecule has 0 spiro atoms. The van der Waals surface area contributed by atoms with Crippen LogP contribution in [0.25, 0.3) is 11.4 Å². The van der Waals surface area contributed by atoms with E-state index in [1.165, 1.54) is 0 Å². The summed E-state index contributed by atoms with van der Waals surface area (Å²) in [6.07, 6.45) is 1.71. The number of benzene rings is 1. The number of nitrogen functional groups attached to an aromatic ring is 1. The van der Waals surface area contributed by atoms with Gasteiger partial charge in [0, 0.05) is 33.6 Å². The Morgan fingerprint density at radius 2 is 2.11 bits per heavy atom. The van der Waals surface area contributed by atoms with Crippen LogP contribution in [0.3, 0.4) is 0 Å². The summed E-state index contributed by atoms with van der Waals surface area (Å²) in [6, 6.07) is 7.76. The van der Waals surface area contributed by atoms with Gasteiger partial charge in [-0.2, -0.15) is 0 Å². The predicted molar refractivity (Wildman–Crippen MR) is 73.8 cm³/mol. The van der Waals surface area contributed by atoms with E-state index in [0.29, 0.717) is 5.69 Å². The highest BCUT2D eigenvalue weighted by molar-refractivity contribution is 7.85. The van der Waals surface area contributed by atoms with Crippen LogP contribution in [0.1, 0.15) is 18.9 Å². The van der Waals surface area contributed by atoms with Gasteiger partial charge in [-0.15, -0.1) is 5.10 Å². The minimum atomic E-state index is -0.679. The van der Waals surface area contributed by atoms with E-state index >= 15 is 0 Å². The summed E-state index contributed by atoms with van der Waals surface area (Å²) in [4.78, 5) is 0. The van der Waals surface area contributed by atoms with Crippen LogP contribution in [0.15, 0.2) is 24.3 Å². The molecule has 0 saturated carbocycles. The van der Waals surface area contributed by atoms with Gasteiger partial charge in [-0.25, -0.2) is 4.68 Å². The van der Waals surface area contributed by atoms with Crippen molar-refractivity contribution in [2.75, 3.05) is 17.2 Å². The molecule has 1 aliphatic heterocycles. The van der Waals surface area contributed by atoms with Crippen LogP contribution in [-0.4, -0.2) is 35.9 Å². The molecule has 0 amide bonds. The average molecular weight is 277 g/mol. The Bertz CT molecular complexity index is 602. The van der Waals surface area contributed by atoms with Crippen molar-refractivity contribution >= 4 is 16.5 Å². The van der Waals surface area contributed by atoms with Crippen molar-refractivity contribution in [2.45, 2.75) is 18.9 Å². The minimum absolute atomic E-state index is 0.226. The summed E-state index contributed by atoms with van der Waals surface area (Å²) in [5.41, 5.74) is 7.40. The van der Waals surface area contributed by atoms with Gasteiger partial charge in [-0.1, -0.05) is 12.1 Å². The molecule has 19 heavy (non-hydrogen) atoms. The summed E-state index contributed by atoms with van der Waals surface area (Å²) in [7, 11) is -0.679. The average Bonchev–Trinajstić information content (AvgIpc) is 2.89. The molecule has 0 aliphatic carbocycles. The zero-order valence-corrected chi connectivity index (χ0v) is 11.2. The van der Waals surface area contributed by atoms with Crippen LogP contribution in [0.2, 0.25) is 0 Å². The first-order chi connectivity index (χ1) is 9.24. The molecule has 7 heteroatoms. The summed E-state index contributed by atoms with van der Waals surface area (Å²) in [5, 5.41) is 11.9. The highest BCUT2D eigenvalue weighted by atomic mass is 32.2. The summed E-state index contributed by atoms with van der Waals surface area (Å²) < 4.78 is 13.2. The topological polar surface area (TPSA) is 86.7 Å². The Hall–Kier alpha value is -1.76. The van der Waals surface area contributed by atoms with Crippen molar-refractivity contribution in [1.82, 2.24) is 20.2 Å². The quantitative estimate of drug-likeness (QED) is 0.828. The molecule has 1 aromatic carbocycles. The van der Waals surface area contributed by atoms with Crippen LogP contribution >= 0.6 is 0 Å². The van der Waals surface area contributed by atoms with Gasteiger partial charge >= 0.3 is 0 Å². The van der Waals surface area contributed by atoms with Crippen molar-refractivity contribution in [1.29, 1.82) is 0 Å². The number of nitrogens with zero attached hydrogens (tertiary/aromatic N) is 4. The van der Waals surface area contributed by atoms with E-state index in [1.807, 2.05) is 28.9 Å². The van der Waals surface area contributed by atoms with Crippen molar-refractivity contribution in [3.05, 3.63) is 24.3 Å². The Labute approximate surface area is 113 Å². The Balaban J connectivity index is 1.92. The van der Waals surface area contributed by atoms with Gasteiger partial charge in [-0.3, -0.25) is 4.21 Å². The van der Waals surface area contributed by atoms with E-state index < -0.39 is 10.8 Å². The third-order valence-corrected chi connectivity index (χ3v) is 4.72. The number of hydrogen-bond donors (Lipinski definition) is 1. The summed E-state index contributed by atoms with van der Waals surface area (Å²) in [6.45, 7) is 0. The molecule has 0 unspecified atom stereocenters. The summed E-state index contributed by atoms with van der Waals surface area (Å²) >= 11 is 0. The van der Waals surface area contributed by atoms with Crippen LogP contribution in [0.5, 0.6) is 0 Å². The molecule has 2 aromatic rings. The SMILES string of the molecule is Nc1cccc(-c2nnnn2C2CCS(=O)CC2)c1. The molecule has 100 valence electrons. The van der Waals surface area contributed by atoms with Crippen molar-refractivity contribution in [3.63, 3.8) is 0 Å². The van der Waals surface area contributed by atoms with Crippen molar-refractivity contribution < 1.29 is 4.21 Å². The molecule has 0 radical (unpaired) electrons. The first kappa shape index (κ1) is 12.3. The molecule has 1 saturated heterocycles. The van der Waals surface area contributed by atoms with Crippen LogP contribution in [0.4, 0.5) is 5.69 Å². The zero-order chi connectivity index (χ0) is 13.2. The van der Waals surface area contributed by atoms with Gasteiger partial charge in [0.2, 0.25) is 0 Å². The Morgan fingerprint density at radius 1 is 1.32 bits per heavy atom. The van der Waals surface area contributed by atoms with Gasteiger partial charge in [0.05, 0.1) is 6.04 Å². The van der Waals surface area contributed by atoms with E-state index in [1.54, 1.807) is 0 Å². The lowest BCUT2D eigenvalue weighted by molar-refractivity contribution is 0.415. The normalized spacial score (nSPS) is 23.4. The number of tetrazole rings is 1. The standard InChI is InChI=1S/C12H15N5OS/c13-10-3-1-2-9(8-10)12-14-15-16-17(12)11-4-6-19(18)7-5-11/h1-3,8,11H,4-7,13H2. The fraction of sp³-hybridized carbons (Fsp3) is 0.417. The molecule has 2 N–H and O–H groups in total. The van der Waals surface area contributed by atoms with Crippen molar-refractivity contribution in [3.8, 4) is 11.4 Å². The maximum Gasteiger partial charge on any atom is 0.182 e. The first-order valence-corrected chi connectivity index (χ1v) is 7.71. The molecule has 1 aromatic heterocycles. The molecule has 6 nitrogen and oxygen atoms in total. The zero-order valence-electron chi connectivity index (χ0n) is 10.4. The fourth-order valence-corrected chi connectivity index (χ4v) is 3.61. The smallest absolute Gasteiger partial charge is 0.182 e. The van der Waals surface area contributed by atoms with Gasteiger partial charge in [0.1, 0.15) is 0 Å². The van der Waals surface area contributed by atoms with Gasteiger partial charge in [0.15, 0.2) is 5.82 Å². The van der Waals surface area contributed by atoms with Crippen molar-refractivity contribution in [2.24, 2.45) is 0 Å². The number of rotatable bonds is 2. The third-order valence-electron chi connectivity index (χ3n) is 3.34. The second-order valence-corrected chi connectivity index (χ2v) is 6.35. The Morgan fingerprint density at radius 3 is 2.84 bits per heavy atom. The van der Waals surface area contributed by atoms with Gasteiger partial charge in [0.25, 0.3) is 0 Å². The molecule has 2 heterocycles. The van der Waals surface area contributed by atoms with E-state index in [-0.39, 0.29) is 6.04 Å². The summed E-state index contributed by atoms with van der Waals surface area (Å²) in [5.74, 6) is 2.17. The van der Waals surface area contributed by atoms with E-state index in [0.717, 1.165) is 35.7 Å². The molecule has 0 bridgehead atoms. The highest BCUT2D eigenvalue weighted by Gasteiger charge is 2.23. The number of aromatic nitrogens is 4. The van der Waals surface area contributed by atoms with Gasteiger partial charge < -0.3 is 5.73 Å². The highest BCUT2D eigenvalue weighted by Crippen LogP contribution is 2.26. The Kier molecular flexibility index (Phi) is 3.29. The fourth-order valence-electron chi connectivity index (χ4n) is 2.33. The lowest BCUT2D eigenvalue weighted by atomic mass is 10.1. The maximum absolute atomic E-state index is 11.4. The van der Waals surface area contributed by atoms with Gasteiger partial charge in [-0.05, 0) is 35.4 Å². The predicted octanol–water partition coefficient (Wildman–Crippen LogP) is 1.01. The molecule has 1 aliphatic rings. The first-order valence-electron chi connectivity index (χ1n) is 6.23. The second kappa shape index (κ2) is 5.08.